The van der Waals surface area contributed by atoms with E-state index in [0.717, 1.165) is 0 Å². The molecule has 0 amide bonds. The van der Waals surface area contributed by atoms with Gasteiger partial charge in [-0.2, -0.15) is 4.98 Å². The first-order chi connectivity index (χ1) is 7.72. The van der Waals surface area contributed by atoms with Crippen molar-refractivity contribution in [1.29, 1.82) is 0 Å². The van der Waals surface area contributed by atoms with Crippen molar-refractivity contribution >= 4 is 5.97 Å². The lowest BCUT2D eigenvalue weighted by Crippen LogP contribution is -2.09. The molecule has 1 saturated heterocycles. The van der Waals surface area contributed by atoms with Gasteiger partial charge < -0.3 is 14.0 Å². The van der Waals surface area contributed by atoms with E-state index in [1.165, 1.54) is 0 Å². The van der Waals surface area contributed by atoms with Crippen LogP contribution >= 0.6 is 0 Å². The highest BCUT2D eigenvalue weighted by atomic mass is 16.5. The van der Waals surface area contributed by atoms with Crippen molar-refractivity contribution in [3.8, 4) is 0 Å². The molecule has 1 aliphatic heterocycles. The molecule has 2 heterocycles. The summed E-state index contributed by atoms with van der Waals surface area (Å²) in [6, 6.07) is 0. The van der Waals surface area contributed by atoms with Gasteiger partial charge in [0.05, 0.1) is 25.7 Å². The number of rotatable bonds is 3. The average Bonchev–Trinajstić information content (AvgIpc) is 2.86. The van der Waals surface area contributed by atoms with Crippen LogP contribution in [0.15, 0.2) is 4.52 Å². The Hall–Kier alpha value is -1.43. The predicted octanol–water partition coefficient (Wildman–Crippen LogP) is 0.996. The maximum atomic E-state index is 11.3. The minimum Gasteiger partial charge on any atom is -0.460 e. The second-order valence-electron chi connectivity index (χ2n) is 3.80. The smallest absolute Gasteiger partial charge is 0.379 e. The fourth-order valence-corrected chi connectivity index (χ4v) is 1.64. The highest BCUT2D eigenvalue weighted by Crippen LogP contribution is 2.29. The monoisotopic (exact) mass is 226 g/mol. The molecule has 0 N–H and O–H groups in total. The van der Waals surface area contributed by atoms with Crippen LogP contribution in [0.5, 0.6) is 0 Å². The van der Waals surface area contributed by atoms with Gasteiger partial charge >= 0.3 is 5.97 Å². The van der Waals surface area contributed by atoms with E-state index in [1.54, 1.807) is 6.92 Å². The first-order valence-corrected chi connectivity index (χ1v) is 5.30. The summed E-state index contributed by atoms with van der Waals surface area (Å²) in [5.41, 5.74) is 0. The van der Waals surface area contributed by atoms with Crippen LogP contribution in [0, 0.1) is 5.92 Å². The summed E-state index contributed by atoms with van der Waals surface area (Å²) in [4.78, 5) is 15.3. The van der Waals surface area contributed by atoms with Crippen molar-refractivity contribution in [3.05, 3.63) is 11.7 Å². The molecule has 1 aliphatic rings. The Morgan fingerprint density at radius 2 is 2.38 bits per heavy atom. The molecule has 1 aromatic heterocycles. The summed E-state index contributed by atoms with van der Waals surface area (Å²) in [7, 11) is 0. The summed E-state index contributed by atoms with van der Waals surface area (Å²) >= 11 is 0. The van der Waals surface area contributed by atoms with Gasteiger partial charge in [0.1, 0.15) is 0 Å². The molecule has 2 atom stereocenters. The zero-order valence-electron chi connectivity index (χ0n) is 9.30. The van der Waals surface area contributed by atoms with Gasteiger partial charge in [-0.3, -0.25) is 0 Å². The van der Waals surface area contributed by atoms with Crippen LogP contribution in [-0.2, 0) is 9.47 Å². The zero-order chi connectivity index (χ0) is 11.5. The first-order valence-electron chi connectivity index (χ1n) is 5.30. The Morgan fingerprint density at radius 3 is 3.00 bits per heavy atom. The maximum absolute atomic E-state index is 11.3. The van der Waals surface area contributed by atoms with E-state index in [9.17, 15) is 4.79 Å². The lowest BCUT2D eigenvalue weighted by molar-refractivity contribution is 0.0508. The molecule has 16 heavy (non-hydrogen) atoms. The molecular formula is C10H14N2O4. The van der Waals surface area contributed by atoms with Gasteiger partial charge in [0.25, 0.3) is 5.82 Å². The third-order valence-corrected chi connectivity index (χ3v) is 2.58. The van der Waals surface area contributed by atoms with E-state index in [1.807, 2.05) is 6.92 Å². The standard InChI is InChI=1S/C10H14N2O4/c1-3-15-10(13)8-11-9(16-12-8)7-5-14-4-6(7)2/h6-7H,3-5H2,1-2H3. The Kier molecular flexibility index (Phi) is 3.19. The molecule has 0 bridgehead atoms. The molecule has 0 saturated carbocycles. The number of esters is 1. The number of ether oxygens (including phenoxy) is 2. The highest BCUT2D eigenvalue weighted by Gasteiger charge is 2.31. The lowest BCUT2D eigenvalue weighted by Gasteiger charge is -2.05. The van der Waals surface area contributed by atoms with Crippen LogP contribution in [0.25, 0.3) is 0 Å². The average molecular weight is 226 g/mol. The number of nitrogens with zero attached hydrogens (tertiary/aromatic N) is 2. The van der Waals surface area contributed by atoms with Gasteiger partial charge in [-0.25, -0.2) is 4.79 Å². The molecule has 0 spiro atoms. The second-order valence-corrected chi connectivity index (χ2v) is 3.80. The SMILES string of the molecule is CCOC(=O)c1noc(C2COCC2C)n1. The number of carbonyl (C=O) groups excluding carboxylic acids is 1. The quantitative estimate of drug-likeness (QED) is 0.715. The van der Waals surface area contributed by atoms with Gasteiger partial charge in [0.15, 0.2) is 0 Å². The van der Waals surface area contributed by atoms with Gasteiger partial charge in [-0.05, 0) is 18.0 Å². The molecule has 0 radical (unpaired) electrons. The van der Waals surface area contributed by atoms with E-state index in [4.69, 9.17) is 14.0 Å². The van der Waals surface area contributed by atoms with Crippen molar-refractivity contribution in [2.45, 2.75) is 19.8 Å². The van der Waals surface area contributed by atoms with Crippen molar-refractivity contribution in [1.82, 2.24) is 10.1 Å². The molecular weight excluding hydrogens is 212 g/mol. The third kappa shape index (κ3) is 2.06. The molecule has 2 unspecified atom stereocenters. The molecule has 2 rings (SSSR count). The zero-order valence-corrected chi connectivity index (χ0v) is 9.30. The van der Waals surface area contributed by atoms with Crippen molar-refractivity contribution in [2.24, 2.45) is 5.92 Å². The highest BCUT2D eigenvalue weighted by molar-refractivity contribution is 5.84. The van der Waals surface area contributed by atoms with Gasteiger partial charge in [-0.15, -0.1) is 0 Å². The van der Waals surface area contributed by atoms with E-state index < -0.39 is 5.97 Å². The summed E-state index contributed by atoms with van der Waals surface area (Å²) in [5, 5.41) is 3.60. The fourth-order valence-electron chi connectivity index (χ4n) is 1.64. The fraction of sp³-hybridized carbons (Fsp3) is 0.700. The Labute approximate surface area is 92.9 Å². The van der Waals surface area contributed by atoms with Gasteiger partial charge in [-0.1, -0.05) is 6.92 Å². The van der Waals surface area contributed by atoms with Crippen molar-refractivity contribution < 1.29 is 18.8 Å². The molecule has 0 aliphatic carbocycles. The summed E-state index contributed by atoms with van der Waals surface area (Å²) < 4.78 is 15.1. The van der Waals surface area contributed by atoms with Crippen LogP contribution in [0.1, 0.15) is 36.3 Å². The summed E-state index contributed by atoms with van der Waals surface area (Å²) in [6.07, 6.45) is 0. The summed E-state index contributed by atoms with van der Waals surface area (Å²) in [6.45, 7) is 5.32. The van der Waals surface area contributed by atoms with E-state index in [2.05, 4.69) is 10.1 Å². The molecule has 6 heteroatoms. The summed E-state index contributed by atoms with van der Waals surface area (Å²) in [5.74, 6) is 0.291. The normalized spacial score (nSPS) is 24.6. The molecule has 1 aromatic rings. The van der Waals surface area contributed by atoms with E-state index in [0.29, 0.717) is 31.6 Å². The first kappa shape index (κ1) is 11.1. The number of hydrogen-bond donors (Lipinski definition) is 0. The minimum atomic E-state index is -0.552. The Morgan fingerprint density at radius 1 is 1.56 bits per heavy atom. The van der Waals surface area contributed by atoms with Gasteiger partial charge in [0.2, 0.25) is 5.89 Å². The van der Waals surface area contributed by atoms with Crippen LogP contribution < -0.4 is 0 Å². The van der Waals surface area contributed by atoms with Crippen LogP contribution in [0.4, 0.5) is 0 Å². The van der Waals surface area contributed by atoms with Crippen LogP contribution in [0.2, 0.25) is 0 Å². The number of carbonyl (C=O) groups is 1. The largest absolute Gasteiger partial charge is 0.460 e. The predicted molar refractivity (Wildman–Crippen MR) is 53.0 cm³/mol. The van der Waals surface area contributed by atoms with E-state index >= 15 is 0 Å². The van der Waals surface area contributed by atoms with Crippen LogP contribution in [0.3, 0.4) is 0 Å². The maximum Gasteiger partial charge on any atom is 0.379 e. The topological polar surface area (TPSA) is 74.5 Å². The lowest BCUT2D eigenvalue weighted by atomic mass is 9.98. The second kappa shape index (κ2) is 4.61. The van der Waals surface area contributed by atoms with Crippen molar-refractivity contribution in [3.63, 3.8) is 0 Å². The minimum absolute atomic E-state index is 0.0176. The molecule has 1 fully saturated rings. The van der Waals surface area contributed by atoms with Crippen molar-refractivity contribution in [2.75, 3.05) is 19.8 Å². The molecule has 6 nitrogen and oxygen atoms in total. The van der Waals surface area contributed by atoms with Gasteiger partial charge in [0, 0.05) is 0 Å². The third-order valence-electron chi connectivity index (χ3n) is 2.58. The Bertz CT molecular complexity index is 377. The molecule has 0 aromatic carbocycles. The molecule has 88 valence electrons. The van der Waals surface area contributed by atoms with E-state index in [-0.39, 0.29) is 11.7 Å². The van der Waals surface area contributed by atoms with Crippen LogP contribution in [-0.4, -0.2) is 35.9 Å². The Balaban J connectivity index is 2.10. The number of aromatic nitrogens is 2. The number of hydrogen-bond acceptors (Lipinski definition) is 6.